The van der Waals surface area contributed by atoms with E-state index >= 15 is 0 Å². The molecule has 3 N–H and O–H groups in total. The number of anilines is 4. The van der Waals surface area contributed by atoms with E-state index in [1.165, 1.54) is 11.9 Å². The molecule has 0 radical (unpaired) electrons. The lowest BCUT2D eigenvalue weighted by Crippen LogP contribution is -2.38. The lowest BCUT2D eigenvalue weighted by atomic mass is 10.1. The number of benzene rings is 2. The van der Waals surface area contributed by atoms with E-state index in [1.807, 2.05) is 30.3 Å². The van der Waals surface area contributed by atoms with Gasteiger partial charge in [0.1, 0.15) is 12.4 Å². The minimum absolute atomic E-state index is 0.0971. The molecular weight excluding hydrogens is 458 g/mol. The van der Waals surface area contributed by atoms with Crippen molar-refractivity contribution in [1.29, 1.82) is 0 Å². The first-order valence-electron chi connectivity index (χ1n) is 12.2. The zero-order chi connectivity index (χ0) is 24.7. The molecule has 0 spiro atoms. The molecule has 10 heteroatoms. The molecule has 0 saturated carbocycles. The molecule has 10 nitrogen and oxygen atoms in total. The lowest BCUT2D eigenvalue weighted by Gasteiger charge is -2.31. The topological polar surface area (TPSA) is 121 Å². The quantitative estimate of drug-likeness (QED) is 0.443. The summed E-state index contributed by atoms with van der Waals surface area (Å²) in [6.45, 7) is 2.24. The molecule has 2 fully saturated rings. The second kappa shape index (κ2) is 11.1. The fourth-order valence-electron chi connectivity index (χ4n) is 4.35. The van der Waals surface area contributed by atoms with Crippen LogP contribution in [-0.4, -0.2) is 52.0 Å². The standard InChI is InChI=1S/C26H29N7O3/c34-23-10-9-22(31-23)24(35)29-19-7-4-8-20(15-19)30-25-27-17-28-26(32-25)33-13-11-21(12-14-33)36-16-18-5-2-1-3-6-18/h1-8,15,17,21-22H,9-14,16H2,(H,29,35)(H,31,34)(H,27,28,30,32)/t22-/m0/s1. The minimum atomic E-state index is -0.493. The van der Waals surface area contributed by atoms with Crippen molar-refractivity contribution in [3.63, 3.8) is 0 Å². The van der Waals surface area contributed by atoms with Crippen LogP contribution in [0.15, 0.2) is 60.9 Å². The van der Waals surface area contributed by atoms with E-state index < -0.39 is 6.04 Å². The van der Waals surface area contributed by atoms with Crippen molar-refractivity contribution in [3.8, 4) is 0 Å². The van der Waals surface area contributed by atoms with Crippen LogP contribution in [0, 0.1) is 0 Å². The van der Waals surface area contributed by atoms with Crippen LogP contribution in [0.25, 0.3) is 0 Å². The normalized spacial score (nSPS) is 18.1. The molecule has 0 bridgehead atoms. The fraction of sp³-hybridized carbons (Fsp3) is 0.346. The zero-order valence-electron chi connectivity index (χ0n) is 19.9. The summed E-state index contributed by atoms with van der Waals surface area (Å²) >= 11 is 0. The third kappa shape index (κ3) is 6.14. The number of carbonyl (C=O) groups is 2. The van der Waals surface area contributed by atoms with Gasteiger partial charge < -0.3 is 25.6 Å². The Morgan fingerprint density at radius 2 is 1.83 bits per heavy atom. The summed E-state index contributed by atoms with van der Waals surface area (Å²) in [5.74, 6) is 0.723. The molecule has 0 unspecified atom stereocenters. The molecular formula is C26H29N7O3. The number of carbonyl (C=O) groups excluding carboxylic acids is 2. The van der Waals surface area contributed by atoms with E-state index in [2.05, 4.69) is 47.9 Å². The third-order valence-corrected chi connectivity index (χ3v) is 6.31. The van der Waals surface area contributed by atoms with Crippen molar-refractivity contribution >= 4 is 35.1 Å². The highest BCUT2D eigenvalue weighted by molar-refractivity contribution is 5.99. The van der Waals surface area contributed by atoms with Crippen molar-refractivity contribution in [2.24, 2.45) is 0 Å². The number of nitrogens with zero attached hydrogens (tertiary/aromatic N) is 4. The average molecular weight is 488 g/mol. The van der Waals surface area contributed by atoms with Gasteiger partial charge in [0, 0.05) is 30.9 Å². The molecule has 2 amide bonds. The largest absolute Gasteiger partial charge is 0.373 e. The van der Waals surface area contributed by atoms with Gasteiger partial charge in [0.2, 0.25) is 23.7 Å². The van der Waals surface area contributed by atoms with Gasteiger partial charge in [-0.15, -0.1) is 0 Å². The van der Waals surface area contributed by atoms with Crippen LogP contribution < -0.4 is 20.9 Å². The third-order valence-electron chi connectivity index (χ3n) is 6.31. The summed E-state index contributed by atoms with van der Waals surface area (Å²) in [5.41, 5.74) is 2.54. The highest BCUT2D eigenvalue weighted by atomic mass is 16.5. The Morgan fingerprint density at radius 3 is 2.61 bits per heavy atom. The van der Waals surface area contributed by atoms with Crippen molar-refractivity contribution in [2.75, 3.05) is 28.6 Å². The Labute approximate surface area is 209 Å². The van der Waals surface area contributed by atoms with Crippen molar-refractivity contribution in [3.05, 3.63) is 66.5 Å². The van der Waals surface area contributed by atoms with E-state index in [1.54, 1.807) is 12.1 Å². The number of piperidine rings is 1. The van der Waals surface area contributed by atoms with Crippen LogP contribution in [0.2, 0.25) is 0 Å². The van der Waals surface area contributed by atoms with E-state index in [0.29, 0.717) is 37.0 Å². The van der Waals surface area contributed by atoms with Crippen LogP contribution in [0.4, 0.5) is 23.3 Å². The minimum Gasteiger partial charge on any atom is -0.373 e. The van der Waals surface area contributed by atoms with Crippen LogP contribution >= 0.6 is 0 Å². The number of nitrogens with one attached hydrogen (secondary N) is 3. The Bertz CT molecular complexity index is 1200. The number of ether oxygens (including phenoxy) is 1. The van der Waals surface area contributed by atoms with Gasteiger partial charge in [-0.25, -0.2) is 9.97 Å². The molecule has 1 aromatic heterocycles. The van der Waals surface area contributed by atoms with Crippen LogP contribution in [0.1, 0.15) is 31.2 Å². The Balaban J connectivity index is 1.14. The summed E-state index contributed by atoms with van der Waals surface area (Å²) in [4.78, 5) is 39.1. The molecule has 0 aliphatic carbocycles. The average Bonchev–Trinajstić information content (AvgIpc) is 3.35. The first-order valence-corrected chi connectivity index (χ1v) is 12.2. The van der Waals surface area contributed by atoms with Gasteiger partial charge in [0.15, 0.2) is 0 Å². The van der Waals surface area contributed by atoms with Crippen LogP contribution in [-0.2, 0) is 20.9 Å². The predicted octanol–water partition coefficient (Wildman–Crippen LogP) is 3.02. The predicted molar refractivity (Wildman–Crippen MR) is 136 cm³/mol. The van der Waals surface area contributed by atoms with Gasteiger partial charge in [-0.2, -0.15) is 4.98 Å². The van der Waals surface area contributed by atoms with Gasteiger partial charge in [-0.3, -0.25) is 9.59 Å². The van der Waals surface area contributed by atoms with E-state index in [4.69, 9.17) is 4.74 Å². The fourth-order valence-corrected chi connectivity index (χ4v) is 4.35. The molecule has 5 rings (SSSR count). The molecule has 3 heterocycles. The second-order valence-corrected chi connectivity index (χ2v) is 8.95. The summed E-state index contributed by atoms with van der Waals surface area (Å²) < 4.78 is 6.09. The Morgan fingerprint density at radius 1 is 1.03 bits per heavy atom. The van der Waals surface area contributed by atoms with E-state index in [0.717, 1.165) is 31.6 Å². The molecule has 3 aromatic rings. The molecule has 2 aromatic carbocycles. The van der Waals surface area contributed by atoms with E-state index in [-0.39, 0.29) is 17.9 Å². The number of hydrogen-bond donors (Lipinski definition) is 3. The molecule has 2 aliphatic rings. The number of aromatic nitrogens is 3. The highest BCUT2D eigenvalue weighted by Crippen LogP contribution is 2.22. The number of rotatable bonds is 8. The monoisotopic (exact) mass is 487 g/mol. The number of hydrogen-bond acceptors (Lipinski definition) is 8. The van der Waals surface area contributed by atoms with Gasteiger partial charge in [0.25, 0.3) is 0 Å². The lowest BCUT2D eigenvalue weighted by molar-refractivity contribution is -0.122. The first kappa shape index (κ1) is 23.7. The van der Waals surface area contributed by atoms with Gasteiger partial charge in [-0.05, 0) is 43.0 Å². The summed E-state index contributed by atoms with van der Waals surface area (Å²) in [6.07, 6.45) is 4.41. The Hall–Kier alpha value is -4.05. The van der Waals surface area contributed by atoms with Crippen LogP contribution in [0.3, 0.4) is 0 Å². The zero-order valence-corrected chi connectivity index (χ0v) is 19.9. The SMILES string of the molecule is O=C1CC[C@@H](C(=O)Nc2cccc(Nc3ncnc(N4CCC(OCc5ccccc5)CC4)n3)c2)N1. The van der Waals surface area contributed by atoms with Gasteiger partial charge >= 0.3 is 0 Å². The highest BCUT2D eigenvalue weighted by Gasteiger charge is 2.27. The maximum Gasteiger partial charge on any atom is 0.246 e. The van der Waals surface area contributed by atoms with Crippen molar-refractivity contribution in [2.45, 2.75) is 44.4 Å². The molecule has 2 aliphatic heterocycles. The molecule has 2 saturated heterocycles. The van der Waals surface area contributed by atoms with Crippen molar-refractivity contribution in [1.82, 2.24) is 20.3 Å². The first-order chi connectivity index (χ1) is 17.6. The van der Waals surface area contributed by atoms with Crippen LogP contribution in [0.5, 0.6) is 0 Å². The molecule has 1 atom stereocenters. The second-order valence-electron chi connectivity index (χ2n) is 8.95. The van der Waals surface area contributed by atoms with Gasteiger partial charge in [0.05, 0.1) is 12.7 Å². The Kier molecular flexibility index (Phi) is 7.32. The number of amides is 2. The summed E-state index contributed by atoms with van der Waals surface area (Å²) in [5, 5.41) is 8.71. The molecule has 36 heavy (non-hydrogen) atoms. The van der Waals surface area contributed by atoms with Crippen molar-refractivity contribution < 1.29 is 14.3 Å². The summed E-state index contributed by atoms with van der Waals surface area (Å²) in [7, 11) is 0. The van der Waals surface area contributed by atoms with Gasteiger partial charge in [-0.1, -0.05) is 36.4 Å². The smallest absolute Gasteiger partial charge is 0.246 e. The maximum atomic E-state index is 12.4. The summed E-state index contributed by atoms with van der Waals surface area (Å²) in [6, 6.07) is 17.0. The molecule has 186 valence electrons. The maximum absolute atomic E-state index is 12.4. The van der Waals surface area contributed by atoms with E-state index in [9.17, 15) is 9.59 Å².